The van der Waals surface area contributed by atoms with Gasteiger partial charge in [-0.25, -0.2) is 0 Å². The summed E-state index contributed by atoms with van der Waals surface area (Å²) >= 11 is 0. The monoisotopic (exact) mass is 581 g/mol. The molecule has 0 radical (unpaired) electrons. The molecule has 1 aliphatic heterocycles. The van der Waals surface area contributed by atoms with E-state index in [1.165, 1.54) is 17.1 Å². The van der Waals surface area contributed by atoms with Crippen LogP contribution in [0.25, 0.3) is 0 Å². The van der Waals surface area contributed by atoms with Crippen molar-refractivity contribution in [3.05, 3.63) is 42.0 Å². The minimum atomic E-state index is -1.18. The van der Waals surface area contributed by atoms with Gasteiger partial charge >= 0.3 is 0 Å². The molecule has 0 unspecified atom stereocenters. The minimum absolute atomic E-state index is 0.295. The molecule has 3 rings (SSSR count). The van der Waals surface area contributed by atoms with Crippen molar-refractivity contribution in [2.45, 2.75) is 70.4 Å². The summed E-state index contributed by atoms with van der Waals surface area (Å²) in [6.07, 6.45) is 8.27. The number of unbranched alkanes of at least 4 members (excludes halogenated alkanes) is 3. The highest BCUT2D eigenvalue weighted by Crippen LogP contribution is 2.41. The van der Waals surface area contributed by atoms with Gasteiger partial charge in [0, 0.05) is 30.9 Å². The molecule has 42 heavy (non-hydrogen) atoms. The van der Waals surface area contributed by atoms with Gasteiger partial charge in [0.25, 0.3) is 19.9 Å². The smallest absolute Gasteiger partial charge is 0.257 e. The van der Waals surface area contributed by atoms with Crippen LogP contribution in [0.3, 0.4) is 0 Å². The average molecular weight is 582 g/mol. The van der Waals surface area contributed by atoms with Crippen LogP contribution >= 0.6 is 0 Å². The van der Waals surface area contributed by atoms with E-state index in [1.54, 1.807) is 20.2 Å². The van der Waals surface area contributed by atoms with Crippen molar-refractivity contribution in [1.82, 2.24) is 20.4 Å². The van der Waals surface area contributed by atoms with Crippen molar-refractivity contribution in [3.8, 4) is 0 Å². The Morgan fingerprint density at radius 1 is 0.976 bits per heavy atom. The van der Waals surface area contributed by atoms with Crippen LogP contribution in [0.1, 0.15) is 63.4 Å². The SMILES string of the molecule is BOCc1ccc(NC(=O)[C@H](CCCCN(C)C)NC(=O)C2(C(=O)NCCCCCN3C(=O)C=CC3=O)CCC2)cc1. The number of benzene rings is 1. The van der Waals surface area contributed by atoms with Gasteiger partial charge in [-0.3, -0.25) is 28.9 Å². The second-order valence-corrected chi connectivity index (χ2v) is 11.4. The normalized spacial score (nSPS) is 16.3. The maximum absolute atomic E-state index is 13.5. The van der Waals surface area contributed by atoms with E-state index >= 15 is 0 Å². The van der Waals surface area contributed by atoms with E-state index in [2.05, 4.69) is 20.9 Å². The molecule has 1 aromatic rings. The molecule has 0 spiro atoms. The quantitative estimate of drug-likeness (QED) is 0.103. The standard InChI is InChI=1S/C30H44BN5O6/c1-35(2)19-7-4-9-24(27(39)33-23-12-10-22(11-13-23)21-42-31)34-29(41)30(16-8-17-30)28(40)32-18-5-3-6-20-36-25(37)14-15-26(36)38/h10-15,24H,3-9,16-21,31H2,1-2H3,(H,32,40)(H,33,39)(H,34,41)/t24-/m0/s1. The highest BCUT2D eigenvalue weighted by molar-refractivity contribution is 6.12. The Kier molecular flexibility index (Phi) is 12.7. The zero-order chi connectivity index (χ0) is 30.5. The van der Waals surface area contributed by atoms with Crippen LogP contribution in [0.2, 0.25) is 0 Å². The van der Waals surface area contributed by atoms with Gasteiger partial charge in [0.1, 0.15) is 11.5 Å². The third-order valence-electron chi connectivity index (χ3n) is 7.82. The average Bonchev–Trinajstić information content (AvgIpc) is 3.24. The summed E-state index contributed by atoms with van der Waals surface area (Å²) < 4.78 is 5.14. The first-order valence-corrected chi connectivity index (χ1v) is 14.8. The van der Waals surface area contributed by atoms with Crippen LogP contribution in [0.15, 0.2) is 36.4 Å². The number of nitrogens with one attached hydrogen (secondary N) is 3. The van der Waals surface area contributed by atoms with Crippen molar-refractivity contribution in [1.29, 1.82) is 0 Å². The summed E-state index contributed by atoms with van der Waals surface area (Å²) in [4.78, 5) is 66.5. The molecule has 5 amide bonds. The summed E-state index contributed by atoms with van der Waals surface area (Å²) in [5, 5.41) is 8.72. The van der Waals surface area contributed by atoms with E-state index in [4.69, 9.17) is 4.65 Å². The first-order valence-electron chi connectivity index (χ1n) is 14.8. The Morgan fingerprint density at radius 3 is 2.26 bits per heavy atom. The minimum Gasteiger partial charge on any atom is -0.440 e. The molecule has 1 aliphatic carbocycles. The van der Waals surface area contributed by atoms with Crippen LogP contribution in [0.4, 0.5) is 5.69 Å². The fourth-order valence-corrected chi connectivity index (χ4v) is 5.10. The van der Waals surface area contributed by atoms with E-state index in [-0.39, 0.29) is 23.6 Å². The molecule has 1 atom stereocenters. The van der Waals surface area contributed by atoms with E-state index in [0.29, 0.717) is 57.5 Å². The predicted octanol–water partition coefficient (Wildman–Crippen LogP) is 1.29. The molecule has 1 saturated carbocycles. The van der Waals surface area contributed by atoms with E-state index in [9.17, 15) is 24.0 Å². The molecule has 1 heterocycles. The van der Waals surface area contributed by atoms with Gasteiger partial charge in [-0.05, 0) is 89.7 Å². The Balaban J connectivity index is 1.53. The predicted molar refractivity (Wildman–Crippen MR) is 162 cm³/mol. The highest BCUT2D eigenvalue weighted by Gasteiger charge is 2.51. The molecule has 228 valence electrons. The van der Waals surface area contributed by atoms with E-state index in [0.717, 1.165) is 37.8 Å². The van der Waals surface area contributed by atoms with Gasteiger partial charge in [-0.1, -0.05) is 18.6 Å². The van der Waals surface area contributed by atoms with Gasteiger partial charge in [0.15, 0.2) is 0 Å². The number of hydrogen-bond donors (Lipinski definition) is 3. The van der Waals surface area contributed by atoms with Crippen molar-refractivity contribution in [2.75, 3.05) is 39.0 Å². The Hall–Kier alpha value is -3.51. The molecule has 11 nitrogen and oxygen atoms in total. The fraction of sp³-hybridized carbons (Fsp3) is 0.567. The largest absolute Gasteiger partial charge is 0.440 e. The molecule has 0 bridgehead atoms. The lowest BCUT2D eigenvalue weighted by molar-refractivity contribution is -0.151. The molecule has 2 aliphatic rings. The molecule has 12 heteroatoms. The molecular formula is C30H44BN5O6. The number of carbonyl (C=O) groups excluding carboxylic acids is 5. The zero-order valence-corrected chi connectivity index (χ0v) is 25.1. The van der Waals surface area contributed by atoms with Gasteiger partial charge in [-0.2, -0.15) is 0 Å². The molecule has 3 N–H and O–H groups in total. The lowest BCUT2D eigenvalue weighted by Crippen LogP contribution is -2.58. The van der Waals surface area contributed by atoms with Crippen molar-refractivity contribution in [2.24, 2.45) is 5.41 Å². The zero-order valence-electron chi connectivity index (χ0n) is 25.1. The summed E-state index contributed by atoms with van der Waals surface area (Å²) in [7, 11) is 5.60. The number of hydrogen-bond acceptors (Lipinski definition) is 7. The van der Waals surface area contributed by atoms with Crippen LogP contribution in [-0.4, -0.2) is 87.2 Å². The number of anilines is 1. The Labute approximate surface area is 249 Å². The molecule has 0 saturated heterocycles. The summed E-state index contributed by atoms with van der Waals surface area (Å²) in [6.45, 7) is 2.08. The fourth-order valence-electron chi connectivity index (χ4n) is 5.10. The van der Waals surface area contributed by atoms with Gasteiger partial charge in [0.05, 0.1) is 6.61 Å². The van der Waals surface area contributed by atoms with Gasteiger partial charge in [-0.15, -0.1) is 0 Å². The Bertz CT molecular complexity index is 1120. The summed E-state index contributed by atoms with van der Waals surface area (Å²) in [5.74, 6) is -1.63. The van der Waals surface area contributed by atoms with E-state index in [1.807, 2.05) is 26.2 Å². The number of imide groups is 1. The van der Waals surface area contributed by atoms with Crippen molar-refractivity contribution in [3.63, 3.8) is 0 Å². The summed E-state index contributed by atoms with van der Waals surface area (Å²) in [5.41, 5.74) is 0.429. The third-order valence-corrected chi connectivity index (χ3v) is 7.82. The van der Waals surface area contributed by atoms with Crippen LogP contribution in [0, 0.1) is 5.41 Å². The number of nitrogens with zero attached hydrogens (tertiary/aromatic N) is 2. The maximum atomic E-state index is 13.5. The van der Waals surface area contributed by atoms with Crippen LogP contribution in [0.5, 0.6) is 0 Å². The highest BCUT2D eigenvalue weighted by atomic mass is 16.4. The molecular weight excluding hydrogens is 537 g/mol. The second-order valence-electron chi connectivity index (χ2n) is 11.4. The number of rotatable bonds is 18. The molecule has 1 fully saturated rings. The second kappa shape index (κ2) is 16.2. The number of amides is 5. The topological polar surface area (TPSA) is 137 Å². The van der Waals surface area contributed by atoms with Gasteiger partial charge in [0.2, 0.25) is 17.7 Å². The third kappa shape index (κ3) is 9.25. The lowest BCUT2D eigenvalue weighted by atomic mass is 9.67. The maximum Gasteiger partial charge on any atom is 0.257 e. The molecule has 1 aromatic carbocycles. The molecule has 0 aromatic heterocycles. The number of carbonyl (C=O) groups is 5. The van der Waals surface area contributed by atoms with Gasteiger partial charge < -0.3 is 25.5 Å². The van der Waals surface area contributed by atoms with Crippen LogP contribution in [-0.2, 0) is 35.2 Å². The van der Waals surface area contributed by atoms with E-state index < -0.39 is 17.4 Å². The Morgan fingerprint density at radius 2 is 1.67 bits per heavy atom. The first kappa shape index (κ1) is 33.0. The lowest BCUT2D eigenvalue weighted by Gasteiger charge is -2.39. The summed E-state index contributed by atoms with van der Waals surface area (Å²) in [6, 6.07) is 6.58. The van der Waals surface area contributed by atoms with Crippen molar-refractivity contribution < 1.29 is 28.6 Å². The van der Waals surface area contributed by atoms with Crippen molar-refractivity contribution >= 4 is 43.3 Å². The van der Waals surface area contributed by atoms with Crippen LogP contribution < -0.4 is 16.0 Å². The first-order chi connectivity index (χ1) is 20.2.